The number of amides is 2. The molecular weight excluding hydrogens is 438 g/mol. The summed E-state index contributed by atoms with van der Waals surface area (Å²) in [6.45, 7) is 2.23. The van der Waals surface area contributed by atoms with E-state index >= 15 is 0 Å². The highest BCUT2D eigenvalue weighted by molar-refractivity contribution is 5.74. The van der Waals surface area contributed by atoms with Crippen molar-refractivity contribution in [3.8, 4) is 11.5 Å². The summed E-state index contributed by atoms with van der Waals surface area (Å²) < 4.78 is 5.33. The largest absolute Gasteiger partial charge is 0.508 e. The van der Waals surface area contributed by atoms with Gasteiger partial charge in [0.1, 0.15) is 18.0 Å². The van der Waals surface area contributed by atoms with Gasteiger partial charge >= 0.3 is 6.03 Å². The number of phenolic OH excluding ortho intramolecular Hbond substituents is 2. The lowest BCUT2D eigenvalue weighted by Crippen LogP contribution is -2.44. The maximum atomic E-state index is 12.9. The molecule has 182 valence electrons. The molecule has 2 aromatic carbocycles. The number of benzene rings is 2. The van der Waals surface area contributed by atoms with Crippen molar-refractivity contribution in [2.24, 2.45) is 5.73 Å². The van der Waals surface area contributed by atoms with Crippen molar-refractivity contribution < 1.29 is 24.6 Å². The number of urea groups is 1. The molecule has 10 nitrogen and oxygen atoms in total. The van der Waals surface area contributed by atoms with Crippen molar-refractivity contribution in [3.05, 3.63) is 71.4 Å². The van der Waals surface area contributed by atoms with Gasteiger partial charge in [-0.15, -0.1) is 0 Å². The quantitative estimate of drug-likeness (QED) is 0.286. The molecule has 0 spiro atoms. The van der Waals surface area contributed by atoms with E-state index < -0.39 is 6.04 Å². The number of hydrogen-bond acceptors (Lipinski definition) is 8. The van der Waals surface area contributed by atoms with Gasteiger partial charge in [-0.3, -0.25) is 0 Å². The van der Waals surface area contributed by atoms with Gasteiger partial charge in [0.25, 0.3) is 0 Å². The Morgan fingerprint density at radius 2 is 1.65 bits per heavy atom. The predicted molar refractivity (Wildman–Crippen MR) is 125 cm³/mol. The van der Waals surface area contributed by atoms with Crippen LogP contribution in [0.5, 0.6) is 11.5 Å². The second-order valence-corrected chi connectivity index (χ2v) is 8.24. The lowest BCUT2D eigenvalue weighted by atomic mass is 10.1. The first-order chi connectivity index (χ1) is 16.3. The van der Waals surface area contributed by atoms with Crippen molar-refractivity contribution >= 4 is 6.03 Å². The molecular formula is C24H31N5O5. The van der Waals surface area contributed by atoms with Crippen LogP contribution in [0, 0.1) is 0 Å². The van der Waals surface area contributed by atoms with Crippen LogP contribution >= 0.6 is 0 Å². The maximum Gasteiger partial charge on any atom is 0.318 e. The zero-order valence-corrected chi connectivity index (χ0v) is 19.1. The van der Waals surface area contributed by atoms with E-state index in [0.717, 1.165) is 11.1 Å². The first kappa shape index (κ1) is 25.0. The summed E-state index contributed by atoms with van der Waals surface area (Å²) >= 11 is 0. The van der Waals surface area contributed by atoms with Crippen molar-refractivity contribution in [1.29, 1.82) is 0 Å². The van der Waals surface area contributed by atoms with Gasteiger partial charge in [0.15, 0.2) is 5.82 Å². The Labute approximate surface area is 198 Å². The molecule has 1 aromatic heterocycles. The number of phenols is 2. The molecule has 0 saturated heterocycles. The van der Waals surface area contributed by atoms with Gasteiger partial charge in [-0.2, -0.15) is 4.98 Å². The van der Waals surface area contributed by atoms with Crippen LogP contribution in [0.25, 0.3) is 0 Å². The van der Waals surface area contributed by atoms with Gasteiger partial charge < -0.3 is 35.8 Å². The number of carbonyl (C=O) groups excluding carboxylic acids is 1. The van der Waals surface area contributed by atoms with Crippen molar-refractivity contribution in [3.63, 3.8) is 0 Å². The Morgan fingerprint density at radius 3 is 2.24 bits per heavy atom. The number of nitrogens with zero attached hydrogens (tertiary/aromatic N) is 3. The number of nitrogens with two attached hydrogens (primary N) is 1. The number of hydrogen-bond donors (Lipinski definition) is 5. The highest BCUT2D eigenvalue weighted by Crippen LogP contribution is 2.17. The van der Waals surface area contributed by atoms with E-state index in [1.807, 2.05) is 19.1 Å². The maximum absolute atomic E-state index is 12.9. The first-order valence-corrected chi connectivity index (χ1v) is 11.1. The van der Waals surface area contributed by atoms with E-state index in [-0.39, 0.29) is 42.6 Å². The minimum absolute atomic E-state index is 0.0561. The zero-order valence-electron chi connectivity index (χ0n) is 19.1. The molecule has 10 heteroatoms. The van der Waals surface area contributed by atoms with Gasteiger partial charge in [0.05, 0.1) is 6.04 Å². The average Bonchev–Trinajstić information content (AvgIpc) is 3.28. The third-order valence-corrected chi connectivity index (χ3v) is 5.25. The van der Waals surface area contributed by atoms with Crippen molar-refractivity contribution in [2.45, 2.75) is 44.8 Å². The minimum atomic E-state index is -0.507. The average molecular weight is 470 g/mol. The number of aromatic hydroxyl groups is 2. The fourth-order valence-electron chi connectivity index (χ4n) is 3.48. The van der Waals surface area contributed by atoms with E-state index in [2.05, 4.69) is 15.5 Å². The smallest absolute Gasteiger partial charge is 0.318 e. The van der Waals surface area contributed by atoms with Gasteiger partial charge in [-0.05, 0) is 61.6 Å². The monoisotopic (exact) mass is 469 g/mol. The van der Waals surface area contributed by atoms with Crippen molar-refractivity contribution in [2.75, 3.05) is 13.2 Å². The standard InChI is InChI=1S/C24H31N5O5/c1-16(13-17-3-7-19(31)8-4-17)26-24(33)29(11-2-12-30)15-22-27-23(28-34-22)21(25)14-18-5-9-20(32)10-6-18/h3-10,16,21,30-32H,2,11-15,25H2,1H3,(H,26,33). The van der Waals surface area contributed by atoms with E-state index in [9.17, 15) is 20.1 Å². The molecule has 0 bridgehead atoms. The SMILES string of the molecule is CC(Cc1ccc(O)cc1)NC(=O)N(CCCO)Cc1nc(C(N)Cc2ccc(O)cc2)no1. The van der Waals surface area contributed by atoms with Crippen LogP contribution in [0.3, 0.4) is 0 Å². The van der Waals surface area contributed by atoms with Gasteiger partial charge in [0, 0.05) is 19.2 Å². The number of aromatic nitrogens is 2. The van der Waals surface area contributed by atoms with Crippen LogP contribution in [-0.2, 0) is 19.4 Å². The molecule has 0 aliphatic heterocycles. The molecule has 0 aliphatic rings. The summed E-state index contributed by atoms with van der Waals surface area (Å²) in [6.07, 6.45) is 1.46. The summed E-state index contributed by atoms with van der Waals surface area (Å²) in [4.78, 5) is 18.7. The number of aliphatic hydroxyl groups excluding tert-OH is 1. The second kappa shape index (κ2) is 12.0. The molecule has 2 unspecified atom stereocenters. The Hall–Kier alpha value is -3.63. The van der Waals surface area contributed by atoms with Gasteiger partial charge in [-0.25, -0.2) is 4.79 Å². The van der Waals surface area contributed by atoms with Crippen LogP contribution in [0.4, 0.5) is 4.79 Å². The predicted octanol–water partition coefficient (Wildman–Crippen LogP) is 2.25. The summed E-state index contributed by atoms with van der Waals surface area (Å²) in [7, 11) is 0. The third-order valence-electron chi connectivity index (χ3n) is 5.25. The van der Waals surface area contributed by atoms with E-state index in [0.29, 0.717) is 31.6 Å². The molecule has 0 saturated carbocycles. The Morgan fingerprint density at radius 1 is 1.06 bits per heavy atom. The molecule has 2 amide bonds. The van der Waals surface area contributed by atoms with Crippen LogP contribution in [-0.4, -0.2) is 55.6 Å². The van der Waals surface area contributed by atoms with Crippen LogP contribution in [0.15, 0.2) is 53.1 Å². The Bertz CT molecular complexity index is 1040. The Kier molecular flexibility index (Phi) is 8.83. The van der Waals surface area contributed by atoms with E-state index in [1.54, 1.807) is 36.4 Å². The van der Waals surface area contributed by atoms with Gasteiger partial charge in [-0.1, -0.05) is 29.4 Å². The lowest BCUT2D eigenvalue weighted by molar-refractivity contribution is 0.175. The molecule has 0 aliphatic carbocycles. The third kappa shape index (κ3) is 7.46. The summed E-state index contributed by atoms with van der Waals surface area (Å²) in [5.41, 5.74) is 8.11. The topological polar surface area (TPSA) is 158 Å². The summed E-state index contributed by atoms with van der Waals surface area (Å²) in [6, 6.07) is 12.6. The van der Waals surface area contributed by atoms with Gasteiger partial charge in [0.2, 0.25) is 5.89 Å². The summed E-state index contributed by atoms with van der Waals surface area (Å²) in [5.74, 6) is 0.942. The molecule has 2 atom stereocenters. The molecule has 3 aromatic rings. The normalized spacial score (nSPS) is 12.8. The molecule has 6 N–H and O–H groups in total. The van der Waals surface area contributed by atoms with Crippen LogP contribution in [0.1, 0.15) is 42.2 Å². The zero-order chi connectivity index (χ0) is 24.5. The molecule has 1 heterocycles. The van der Waals surface area contributed by atoms with Crippen molar-refractivity contribution in [1.82, 2.24) is 20.4 Å². The fourth-order valence-corrected chi connectivity index (χ4v) is 3.48. The minimum Gasteiger partial charge on any atom is -0.508 e. The van der Waals surface area contributed by atoms with E-state index in [1.165, 1.54) is 4.90 Å². The van der Waals surface area contributed by atoms with Crippen LogP contribution in [0.2, 0.25) is 0 Å². The number of aliphatic hydroxyl groups is 1. The highest BCUT2D eigenvalue weighted by Gasteiger charge is 2.21. The molecule has 0 fully saturated rings. The molecule has 3 rings (SSSR count). The molecule has 0 radical (unpaired) electrons. The second-order valence-electron chi connectivity index (χ2n) is 8.24. The highest BCUT2D eigenvalue weighted by atomic mass is 16.5. The number of nitrogens with one attached hydrogen (secondary N) is 1. The fraction of sp³-hybridized carbons (Fsp3) is 0.375. The number of rotatable bonds is 11. The van der Waals surface area contributed by atoms with Crippen LogP contribution < -0.4 is 11.1 Å². The lowest BCUT2D eigenvalue weighted by Gasteiger charge is -2.24. The molecule has 34 heavy (non-hydrogen) atoms. The Balaban J connectivity index is 1.59. The number of carbonyl (C=O) groups is 1. The first-order valence-electron chi connectivity index (χ1n) is 11.1. The van der Waals surface area contributed by atoms with E-state index in [4.69, 9.17) is 10.3 Å². The summed E-state index contributed by atoms with van der Waals surface area (Å²) in [5, 5.41) is 35.0.